The molecule has 1 N–H and O–H groups in total. The van der Waals surface area contributed by atoms with Crippen molar-refractivity contribution in [3.63, 3.8) is 0 Å². The van der Waals surface area contributed by atoms with E-state index in [1.165, 1.54) is 33.5 Å². The second-order valence-electron chi connectivity index (χ2n) is 8.13. The van der Waals surface area contributed by atoms with E-state index in [0.29, 0.717) is 0 Å². The molecule has 1 aliphatic rings. The molecule has 1 aliphatic carbocycles. The molecule has 1 aromatic heterocycles. The molecule has 5 rings (SSSR count). The van der Waals surface area contributed by atoms with Crippen LogP contribution in [0.2, 0.25) is 0 Å². The number of fused-ring (bicyclic) bond motifs is 1. The van der Waals surface area contributed by atoms with Crippen LogP contribution in [0, 0.1) is 0 Å². The van der Waals surface area contributed by atoms with Gasteiger partial charge in [0.25, 0.3) is 0 Å². The molecule has 0 spiro atoms. The van der Waals surface area contributed by atoms with Gasteiger partial charge in [0.05, 0.1) is 13.4 Å². The number of ether oxygens (including phenoxy) is 1. The van der Waals surface area contributed by atoms with E-state index in [9.17, 15) is 0 Å². The first kappa shape index (κ1) is 18.7. The van der Waals surface area contributed by atoms with E-state index >= 15 is 0 Å². The molecule has 3 nitrogen and oxygen atoms in total. The molecule has 30 heavy (non-hydrogen) atoms. The zero-order valence-corrected chi connectivity index (χ0v) is 17.3. The number of imidazole rings is 1. The number of hydrogen-bond donors (Lipinski definition) is 1. The number of aromatic amines is 1. The van der Waals surface area contributed by atoms with Gasteiger partial charge in [-0.1, -0.05) is 66.7 Å². The summed E-state index contributed by atoms with van der Waals surface area (Å²) in [6.45, 7) is 0. The Balaban J connectivity index is 1.57. The molecular weight excluding hydrogens is 368 g/mol. The van der Waals surface area contributed by atoms with Crippen molar-refractivity contribution in [3.8, 4) is 16.9 Å². The van der Waals surface area contributed by atoms with E-state index in [0.717, 1.165) is 31.4 Å². The molecule has 0 amide bonds. The second kappa shape index (κ2) is 7.83. The Morgan fingerprint density at radius 1 is 0.933 bits per heavy atom. The normalized spacial score (nSPS) is 18.0. The maximum atomic E-state index is 5.71. The molecule has 0 saturated carbocycles. The van der Waals surface area contributed by atoms with Crippen molar-refractivity contribution < 1.29 is 4.74 Å². The van der Waals surface area contributed by atoms with Crippen LogP contribution in [0.5, 0.6) is 5.75 Å². The third kappa shape index (κ3) is 3.21. The van der Waals surface area contributed by atoms with Crippen LogP contribution < -0.4 is 4.74 Å². The third-order valence-electron chi connectivity index (χ3n) is 6.48. The first-order valence-electron chi connectivity index (χ1n) is 10.6. The molecule has 4 aromatic rings. The summed E-state index contributed by atoms with van der Waals surface area (Å²) in [5.41, 5.74) is 7.60. The number of hydrogen-bond acceptors (Lipinski definition) is 2. The Morgan fingerprint density at radius 2 is 1.73 bits per heavy atom. The summed E-state index contributed by atoms with van der Waals surface area (Å²) in [6, 6.07) is 26.0. The van der Waals surface area contributed by atoms with Crippen molar-refractivity contribution in [3.05, 3.63) is 108 Å². The Bertz CT molecular complexity index is 1120. The lowest BCUT2D eigenvalue weighted by atomic mass is 9.65. The maximum Gasteiger partial charge on any atom is 0.122 e. The molecule has 0 bridgehead atoms. The standard InChI is InChI=1S/C27H26N2O/c1-30-25-11-5-10-24-23(25)9-6-16-27(24,26-18-28-19-29-26)17-20-12-14-22(15-13-20)21-7-3-2-4-8-21/h2-5,7-8,10-15,18-19H,6,9,16-17H2,1H3,(H,28,29). The van der Waals surface area contributed by atoms with Crippen LogP contribution in [0.15, 0.2) is 85.3 Å². The van der Waals surface area contributed by atoms with Gasteiger partial charge in [-0.25, -0.2) is 4.98 Å². The summed E-state index contributed by atoms with van der Waals surface area (Å²) in [6.07, 6.45) is 8.01. The highest BCUT2D eigenvalue weighted by molar-refractivity contribution is 5.63. The van der Waals surface area contributed by atoms with Gasteiger partial charge in [-0.2, -0.15) is 0 Å². The molecule has 1 unspecified atom stereocenters. The number of nitrogens with one attached hydrogen (secondary N) is 1. The summed E-state index contributed by atoms with van der Waals surface area (Å²) < 4.78 is 5.71. The Labute approximate surface area is 177 Å². The number of H-pyrrole nitrogens is 1. The van der Waals surface area contributed by atoms with Crippen molar-refractivity contribution in [1.82, 2.24) is 9.97 Å². The van der Waals surface area contributed by atoms with E-state index in [4.69, 9.17) is 4.74 Å². The largest absolute Gasteiger partial charge is 0.496 e. The molecule has 0 radical (unpaired) electrons. The summed E-state index contributed by atoms with van der Waals surface area (Å²) >= 11 is 0. The molecule has 1 heterocycles. The summed E-state index contributed by atoms with van der Waals surface area (Å²) in [5.74, 6) is 0.996. The Morgan fingerprint density at radius 3 is 2.47 bits per heavy atom. The van der Waals surface area contributed by atoms with Gasteiger partial charge in [0.15, 0.2) is 0 Å². The second-order valence-corrected chi connectivity index (χ2v) is 8.13. The van der Waals surface area contributed by atoms with Gasteiger partial charge in [-0.15, -0.1) is 0 Å². The van der Waals surface area contributed by atoms with Crippen LogP contribution in [0.3, 0.4) is 0 Å². The highest BCUT2D eigenvalue weighted by Gasteiger charge is 2.40. The number of nitrogens with zero attached hydrogens (tertiary/aromatic N) is 1. The van der Waals surface area contributed by atoms with Gasteiger partial charge in [0.1, 0.15) is 5.75 Å². The fraction of sp³-hybridized carbons (Fsp3) is 0.222. The number of rotatable bonds is 5. The van der Waals surface area contributed by atoms with Crippen molar-refractivity contribution in [2.45, 2.75) is 31.1 Å². The Kier molecular flexibility index (Phi) is 4.88. The summed E-state index contributed by atoms with van der Waals surface area (Å²) in [5, 5.41) is 0. The van der Waals surface area contributed by atoms with Crippen molar-refractivity contribution in [2.75, 3.05) is 7.11 Å². The van der Waals surface area contributed by atoms with Crippen LogP contribution in [-0.2, 0) is 18.3 Å². The highest BCUT2D eigenvalue weighted by Crippen LogP contribution is 2.46. The molecular formula is C27H26N2O. The van der Waals surface area contributed by atoms with Crippen LogP contribution in [-0.4, -0.2) is 17.1 Å². The van der Waals surface area contributed by atoms with Gasteiger partial charge in [-0.3, -0.25) is 0 Å². The molecule has 0 aliphatic heterocycles. The Hall–Kier alpha value is -3.33. The molecule has 3 aromatic carbocycles. The first-order valence-corrected chi connectivity index (χ1v) is 10.6. The molecule has 0 saturated heterocycles. The minimum Gasteiger partial charge on any atom is -0.496 e. The number of methoxy groups -OCH3 is 1. The van der Waals surface area contributed by atoms with Crippen LogP contribution in [0.25, 0.3) is 11.1 Å². The molecule has 3 heteroatoms. The number of benzene rings is 3. The zero-order chi connectivity index (χ0) is 20.4. The lowest BCUT2D eigenvalue weighted by Crippen LogP contribution is -2.35. The van der Waals surface area contributed by atoms with E-state index in [1.54, 1.807) is 13.4 Å². The van der Waals surface area contributed by atoms with Gasteiger partial charge >= 0.3 is 0 Å². The fourth-order valence-corrected chi connectivity index (χ4v) is 5.04. The van der Waals surface area contributed by atoms with Crippen molar-refractivity contribution in [1.29, 1.82) is 0 Å². The quantitative estimate of drug-likeness (QED) is 0.454. The smallest absolute Gasteiger partial charge is 0.122 e. The maximum absolute atomic E-state index is 5.71. The van der Waals surface area contributed by atoms with E-state index < -0.39 is 0 Å². The SMILES string of the molecule is COc1cccc2c1CCCC2(Cc1ccc(-c2ccccc2)cc1)c1cnc[nH]1. The van der Waals surface area contributed by atoms with Gasteiger partial charge in [-0.05, 0) is 59.6 Å². The molecule has 150 valence electrons. The highest BCUT2D eigenvalue weighted by atomic mass is 16.5. The predicted octanol–water partition coefficient (Wildman–Crippen LogP) is 5.95. The van der Waals surface area contributed by atoms with Gasteiger partial charge in [0.2, 0.25) is 0 Å². The monoisotopic (exact) mass is 394 g/mol. The third-order valence-corrected chi connectivity index (χ3v) is 6.48. The number of aromatic nitrogens is 2. The lowest BCUT2D eigenvalue weighted by Gasteiger charge is -2.39. The molecule has 1 atom stereocenters. The van der Waals surface area contributed by atoms with Gasteiger partial charge in [0, 0.05) is 17.3 Å². The average molecular weight is 395 g/mol. The lowest BCUT2D eigenvalue weighted by molar-refractivity contribution is 0.381. The fourth-order valence-electron chi connectivity index (χ4n) is 5.04. The van der Waals surface area contributed by atoms with Crippen molar-refractivity contribution >= 4 is 0 Å². The average Bonchev–Trinajstić information content (AvgIpc) is 3.36. The molecule has 0 fully saturated rings. The minimum atomic E-state index is -0.118. The predicted molar refractivity (Wildman–Crippen MR) is 121 cm³/mol. The summed E-state index contributed by atoms with van der Waals surface area (Å²) in [4.78, 5) is 7.80. The van der Waals surface area contributed by atoms with E-state index in [-0.39, 0.29) is 5.41 Å². The minimum absolute atomic E-state index is 0.118. The van der Waals surface area contributed by atoms with Crippen molar-refractivity contribution in [2.24, 2.45) is 0 Å². The zero-order valence-electron chi connectivity index (χ0n) is 17.3. The summed E-state index contributed by atoms with van der Waals surface area (Å²) in [7, 11) is 1.77. The van der Waals surface area contributed by atoms with Crippen LogP contribution >= 0.6 is 0 Å². The van der Waals surface area contributed by atoms with Crippen LogP contribution in [0.1, 0.15) is 35.2 Å². The first-order chi connectivity index (χ1) is 14.8. The van der Waals surface area contributed by atoms with E-state index in [1.807, 2.05) is 6.20 Å². The van der Waals surface area contributed by atoms with Gasteiger partial charge < -0.3 is 9.72 Å². The van der Waals surface area contributed by atoms with E-state index in [2.05, 4.69) is 82.8 Å². The van der Waals surface area contributed by atoms with Crippen LogP contribution in [0.4, 0.5) is 0 Å². The topological polar surface area (TPSA) is 37.9 Å².